The summed E-state index contributed by atoms with van der Waals surface area (Å²) >= 11 is 0. The van der Waals surface area contributed by atoms with E-state index in [1.807, 2.05) is 25.1 Å². The Bertz CT molecular complexity index is 299. The highest BCUT2D eigenvalue weighted by Crippen LogP contribution is 2.15. The van der Waals surface area contributed by atoms with Crippen LogP contribution >= 0.6 is 0 Å². The van der Waals surface area contributed by atoms with Gasteiger partial charge in [-0.2, -0.15) is 4.98 Å². The molecule has 90 valence electrons. The molecule has 1 aromatic heterocycles. The number of aromatic nitrogens is 1. The van der Waals surface area contributed by atoms with Crippen molar-refractivity contribution < 1.29 is 9.84 Å². The fourth-order valence-corrected chi connectivity index (χ4v) is 1.54. The van der Waals surface area contributed by atoms with Crippen LogP contribution in [0.3, 0.4) is 0 Å². The van der Waals surface area contributed by atoms with Gasteiger partial charge >= 0.3 is 0 Å². The number of aliphatic hydroxyl groups excluding tert-OH is 1. The molecule has 4 nitrogen and oxygen atoms in total. The quantitative estimate of drug-likeness (QED) is 0.765. The molecule has 0 unspecified atom stereocenters. The summed E-state index contributed by atoms with van der Waals surface area (Å²) in [5, 5.41) is 9.00. The molecule has 0 atom stereocenters. The number of aliphatic hydroxyl groups is 1. The third kappa shape index (κ3) is 3.70. The van der Waals surface area contributed by atoms with E-state index in [4.69, 9.17) is 9.84 Å². The van der Waals surface area contributed by atoms with Crippen molar-refractivity contribution in [1.82, 2.24) is 4.98 Å². The van der Waals surface area contributed by atoms with Crippen LogP contribution < -0.4 is 9.64 Å². The third-order valence-corrected chi connectivity index (χ3v) is 2.19. The Morgan fingerprint density at radius 3 is 2.75 bits per heavy atom. The maximum absolute atomic E-state index is 9.00. The first-order valence-electron chi connectivity index (χ1n) is 5.77. The number of nitrogens with zero attached hydrogens (tertiary/aromatic N) is 2. The molecule has 0 fully saturated rings. The van der Waals surface area contributed by atoms with Crippen LogP contribution in [-0.4, -0.2) is 36.4 Å². The second-order valence-electron chi connectivity index (χ2n) is 3.48. The molecule has 1 heterocycles. The molecule has 0 aliphatic rings. The maximum Gasteiger partial charge on any atom is 0.215 e. The smallest absolute Gasteiger partial charge is 0.215 e. The normalized spacial score (nSPS) is 10.2. The van der Waals surface area contributed by atoms with Gasteiger partial charge in [0.1, 0.15) is 5.82 Å². The van der Waals surface area contributed by atoms with Gasteiger partial charge in [0, 0.05) is 19.2 Å². The number of rotatable bonds is 7. The molecule has 0 saturated carbocycles. The summed E-state index contributed by atoms with van der Waals surface area (Å²) in [4.78, 5) is 6.45. The van der Waals surface area contributed by atoms with E-state index in [1.165, 1.54) is 0 Å². The Hall–Kier alpha value is -1.29. The number of anilines is 1. The molecule has 1 rings (SSSR count). The van der Waals surface area contributed by atoms with Crippen molar-refractivity contribution >= 4 is 5.82 Å². The molecule has 4 heteroatoms. The first-order valence-corrected chi connectivity index (χ1v) is 5.77. The van der Waals surface area contributed by atoms with Crippen LogP contribution in [0.1, 0.15) is 20.3 Å². The van der Waals surface area contributed by atoms with Crippen LogP contribution in [0.2, 0.25) is 0 Å². The van der Waals surface area contributed by atoms with Gasteiger partial charge < -0.3 is 14.7 Å². The van der Waals surface area contributed by atoms with Crippen LogP contribution in [0, 0.1) is 0 Å². The lowest BCUT2D eigenvalue weighted by Gasteiger charge is -2.22. The largest absolute Gasteiger partial charge is 0.478 e. The van der Waals surface area contributed by atoms with E-state index in [2.05, 4.69) is 16.8 Å². The topological polar surface area (TPSA) is 45.6 Å². The minimum absolute atomic E-state index is 0.139. The van der Waals surface area contributed by atoms with Crippen LogP contribution in [0.4, 0.5) is 5.82 Å². The van der Waals surface area contributed by atoms with Crippen LogP contribution in [-0.2, 0) is 0 Å². The number of hydrogen-bond donors (Lipinski definition) is 1. The molecule has 0 radical (unpaired) electrons. The highest BCUT2D eigenvalue weighted by molar-refractivity contribution is 5.40. The van der Waals surface area contributed by atoms with Crippen LogP contribution in [0.5, 0.6) is 5.88 Å². The lowest BCUT2D eigenvalue weighted by molar-refractivity contribution is 0.300. The minimum atomic E-state index is 0.139. The Balaban J connectivity index is 2.77. The van der Waals surface area contributed by atoms with Crippen molar-refractivity contribution in [3.05, 3.63) is 18.2 Å². The summed E-state index contributed by atoms with van der Waals surface area (Å²) in [5.41, 5.74) is 0. The van der Waals surface area contributed by atoms with Crippen molar-refractivity contribution in [3.8, 4) is 5.88 Å². The summed E-state index contributed by atoms with van der Waals surface area (Å²) < 4.78 is 5.35. The van der Waals surface area contributed by atoms with Gasteiger partial charge in [-0.15, -0.1) is 0 Å². The molecular formula is C12H20N2O2. The molecule has 0 aliphatic heterocycles. The van der Waals surface area contributed by atoms with E-state index >= 15 is 0 Å². The Labute approximate surface area is 96.9 Å². The van der Waals surface area contributed by atoms with Gasteiger partial charge in [-0.05, 0) is 19.4 Å². The van der Waals surface area contributed by atoms with Gasteiger partial charge in [0.2, 0.25) is 5.88 Å². The van der Waals surface area contributed by atoms with Gasteiger partial charge in [-0.1, -0.05) is 13.0 Å². The zero-order valence-electron chi connectivity index (χ0n) is 10.0. The van der Waals surface area contributed by atoms with Crippen molar-refractivity contribution in [3.63, 3.8) is 0 Å². The van der Waals surface area contributed by atoms with Gasteiger partial charge in [0.05, 0.1) is 13.2 Å². The molecular weight excluding hydrogens is 204 g/mol. The second-order valence-corrected chi connectivity index (χ2v) is 3.48. The molecule has 0 bridgehead atoms. The van der Waals surface area contributed by atoms with E-state index in [1.54, 1.807) is 0 Å². The molecule has 0 aliphatic carbocycles. The number of hydrogen-bond acceptors (Lipinski definition) is 4. The molecule has 0 amide bonds. The lowest BCUT2D eigenvalue weighted by atomic mass is 10.3. The SMILES string of the molecule is CCCN(CCO)c1cccc(OCC)n1. The average Bonchev–Trinajstić information content (AvgIpc) is 2.30. The average molecular weight is 224 g/mol. The summed E-state index contributed by atoms with van der Waals surface area (Å²) in [7, 11) is 0. The first-order chi connectivity index (χ1) is 7.81. The van der Waals surface area contributed by atoms with E-state index < -0.39 is 0 Å². The van der Waals surface area contributed by atoms with E-state index in [0.29, 0.717) is 19.0 Å². The van der Waals surface area contributed by atoms with Crippen molar-refractivity contribution in [1.29, 1.82) is 0 Å². The zero-order chi connectivity index (χ0) is 11.8. The van der Waals surface area contributed by atoms with E-state index in [9.17, 15) is 0 Å². The molecule has 1 N–H and O–H groups in total. The van der Waals surface area contributed by atoms with Gasteiger partial charge in [0.25, 0.3) is 0 Å². The summed E-state index contributed by atoms with van der Waals surface area (Å²) in [5.74, 6) is 1.50. The van der Waals surface area contributed by atoms with Crippen molar-refractivity contribution in [2.45, 2.75) is 20.3 Å². The highest BCUT2D eigenvalue weighted by Gasteiger charge is 2.07. The standard InChI is InChI=1S/C12H20N2O2/c1-3-8-14(9-10-15)11-6-5-7-12(13-11)16-4-2/h5-7,15H,3-4,8-10H2,1-2H3. The summed E-state index contributed by atoms with van der Waals surface area (Å²) in [6.07, 6.45) is 1.03. The summed E-state index contributed by atoms with van der Waals surface area (Å²) in [6.45, 7) is 6.30. The summed E-state index contributed by atoms with van der Waals surface area (Å²) in [6, 6.07) is 5.71. The number of pyridine rings is 1. The first kappa shape index (κ1) is 12.8. The van der Waals surface area contributed by atoms with Crippen LogP contribution in [0.25, 0.3) is 0 Å². The second kappa shape index (κ2) is 7.06. The van der Waals surface area contributed by atoms with E-state index in [-0.39, 0.29) is 6.61 Å². The molecule has 0 aromatic carbocycles. The maximum atomic E-state index is 9.00. The predicted octanol–water partition coefficient (Wildman–Crippen LogP) is 1.69. The minimum Gasteiger partial charge on any atom is -0.478 e. The molecule has 0 spiro atoms. The Morgan fingerprint density at radius 2 is 2.12 bits per heavy atom. The molecule has 16 heavy (non-hydrogen) atoms. The lowest BCUT2D eigenvalue weighted by Crippen LogP contribution is -2.28. The highest BCUT2D eigenvalue weighted by atomic mass is 16.5. The third-order valence-electron chi connectivity index (χ3n) is 2.19. The van der Waals surface area contributed by atoms with Gasteiger partial charge in [-0.25, -0.2) is 0 Å². The van der Waals surface area contributed by atoms with Crippen molar-refractivity contribution in [2.75, 3.05) is 31.2 Å². The van der Waals surface area contributed by atoms with Crippen LogP contribution in [0.15, 0.2) is 18.2 Å². The fourth-order valence-electron chi connectivity index (χ4n) is 1.54. The van der Waals surface area contributed by atoms with Gasteiger partial charge in [0.15, 0.2) is 0 Å². The predicted molar refractivity (Wildman–Crippen MR) is 65.0 cm³/mol. The molecule has 1 aromatic rings. The monoisotopic (exact) mass is 224 g/mol. The Kier molecular flexibility index (Phi) is 5.64. The van der Waals surface area contributed by atoms with Gasteiger partial charge in [-0.3, -0.25) is 0 Å². The fraction of sp³-hybridized carbons (Fsp3) is 0.583. The number of ether oxygens (including phenoxy) is 1. The van der Waals surface area contributed by atoms with Crippen molar-refractivity contribution in [2.24, 2.45) is 0 Å². The zero-order valence-corrected chi connectivity index (χ0v) is 10.0. The Morgan fingerprint density at radius 1 is 1.31 bits per heavy atom. The molecule has 0 saturated heterocycles. The van der Waals surface area contributed by atoms with E-state index in [0.717, 1.165) is 18.8 Å².